The van der Waals surface area contributed by atoms with E-state index in [1.165, 1.54) is 0 Å². The first kappa shape index (κ1) is 15.4. The van der Waals surface area contributed by atoms with Gasteiger partial charge < -0.3 is 4.74 Å². The topological polar surface area (TPSA) is 26.3 Å². The summed E-state index contributed by atoms with van der Waals surface area (Å²) in [7, 11) is 0. The van der Waals surface area contributed by atoms with Crippen LogP contribution in [0.4, 0.5) is 22.0 Å². The molecular formula is C15H13F5O2. The fourth-order valence-electron chi connectivity index (χ4n) is 3.24. The van der Waals surface area contributed by atoms with Crippen LogP contribution in [0.2, 0.25) is 0 Å². The summed E-state index contributed by atoms with van der Waals surface area (Å²) in [4.78, 5) is 12.2. The zero-order valence-corrected chi connectivity index (χ0v) is 11.5. The Bertz CT molecular complexity index is 590. The van der Waals surface area contributed by atoms with Crippen molar-refractivity contribution in [1.82, 2.24) is 0 Å². The number of hydrogen-bond donors (Lipinski definition) is 0. The maximum Gasteiger partial charge on any atom is 0.200 e. The van der Waals surface area contributed by atoms with E-state index in [4.69, 9.17) is 4.74 Å². The molecule has 0 amide bonds. The van der Waals surface area contributed by atoms with Crippen molar-refractivity contribution in [3.63, 3.8) is 0 Å². The fourth-order valence-corrected chi connectivity index (χ4v) is 3.24. The van der Waals surface area contributed by atoms with Gasteiger partial charge in [0.25, 0.3) is 0 Å². The van der Waals surface area contributed by atoms with Crippen LogP contribution >= 0.6 is 0 Å². The lowest BCUT2D eigenvalue weighted by atomic mass is 9.88. The summed E-state index contributed by atoms with van der Waals surface area (Å²) in [5, 5.41) is 0. The number of Topliss-reactive ketones (excluding diaryl/α,β-unsaturated/α-hetero) is 1. The quantitative estimate of drug-likeness (QED) is 0.484. The predicted molar refractivity (Wildman–Crippen MR) is 65.6 cm³/mol. The number of ketones is 1. The van der Waals surface area contributed by atoms with Crippen molar-refractivity contribution in [1.29, 1.82) is 0 Å². The Kier molecular flexibility index (Phi) is 3.92. The monoisotopic (exact) mass is 320 g/mol. The molecule has 2 fully saturated rings. The number of benzene rings is 1. The largest absolute Gasteiger partial charge is 0.375 e. The molecule has 3 rings (SSSR count). The molecule has 0 spiro atoms. The Morgan fingerprint density at radius 3 is 1.82 bits per heavy atom. The van der Waals surface area contributed by atoms with Gasteiger partial charge in [-0.25, -0.2) is 22.0 Å². The molecule has 2 unspecified atom stereocenters. The number of halogens is 5. The Morgan fingerprint density at radius 2 is 1.32 bits per heavy atom. The standard InChI is InChI=1S/C15H13F5O2/c16-11-9(12(17)14(19)15(20)13(11)18)5-10(21)6-3-7-1-2-8(4-6)22-7/h6-8H,1-5H2. The van der Waals surface area contributed by atoms with Gasteiger partial charge in [0.15, 0.2) is 23.3 Å². The lowest BCUT2D eigenvalue weighted by molar-refractivity contribution is -0.128. The zero-order valence-electron chi connectivity index (χ0n) is 11.5. The maximum absolute atomic E-state index is 13.6. The van der Waals surface area contributed by atoms with Gasteiger partial charge in [0.2, 0.25) is 5.82 Å². The Labute approximate surface area is 123 Å². The van der Waals surface area contributed by atoms with E-state index >= 15 is 0 Å². The van der Waals surface area contributed by atoms with Gasteiger partial charge in [-0.2, -0.15) is 0 Å². The van der Waals surface area contributed by atoms with Crippen LogP contribution < -0.4 is 0 Å². The number of hydrogen-bond acceptors (Lipinski definition) is 2. The molecule has 2 atom stereocenters. The van der Waals surface area contributed by atoms with Gasteiger partial charge in [0.1, 0.15) is 5.78 Å². The number of carbonyl (C=O) groups is 1. The third-order valence-electron chi connectivity index (χ3n) is 4.40. The SMILES string of the molecule is O=C(Cc1c(F)c(F)c(F)c(F)c1F)C1CC2CCC(C1)O2. The van der Waals surface area contributed by atoms with Crippen molar-refractivity contribution in [2.45, 2.75) is 44.3 Å². The smallest absolute Gasteiger partial charge is 0.200 e. The lowest BCUT2D eigenvalue weighted by Gasteiger charge is -2.27. The molecule has 2 nitrogen and oxygen atoms in total. The van der Waals surface area contributed by atoms with Crippen molar-refractivity contribution in [2.24, 2.45) is 5.92 Å². The Balaban J connectivity index is 1.83. The van der Waals surface area contributed by atoms with E-state index in [1.54, 1.807) is 0 Å². The van der Waals surface area contributed by atoms with E-state index in [-0.39, 0.29) is 12.2 Å². The summed E-state index contributed by atoms with van der Waals surface area (Å²) in [5.41, 5.74) is -1.06. The zero-order chi connectivity index (χ0) is 16.0. The molecule has 22 heavy (non-hydrogen) atoms. The van der Waals surface area contributed by atoms with E-state index in [0.29, 0.717) is 12.8 Å². The van der Waals surface area contributed by atoms with E-state index < -0.39 is 52.8 Å². The summed E-state index contributed by atoms with van der Waals surface area (Å²) >= 11 is 0. The second-order valence-electron chi connectivity index (χ2n) is 5.82. The van der Waals surface area contributed by atoms with Crippen LogP contribution in [0.3, 0.4) is 0 Å². The molecule has 2 bridgehead atoms. The molecule has 0 aromatic heterocycles. The maximum atomic E-state index is 13.6. The summed E-state index contributed by atoms with van der Waals surface area (Å²) in [6, 6.07) is 0. The van der Waals surface area contributed by atoms with Gasteiger partial charge in [-0.05, 0) is 25.7 Å². The van der Waals surface area contributed by atoms with Gasteiger partial charge in [-0.3, -0.25) is 4.79 Å². The van der Waals surface area contributed by atoms with Gasteiger partial charge in [0.05, 0.1) is 12.2 Å². The number of rotatable bonds is 3. The predicted octanol–water partition coefficient (Wildman–Crippen LogP) is 3.45. The average molecular weight is 320 g/mol. The molecule has 2 heterocycles. The highest BCUT2D eigenvalue weighted by atomic mass is 19.2. The molecule has 1 aromatic carbocycles. The summed E-state index contributed by atoms with van der Waals surface area (Å²) in [6.07, 6.45) is 1.63. The summed E-state index contributed by atoms with van der Waals surface area (Å²) in [5.74, 6) is -11.1. The minimum atomic E-state index is -2.21. The number of carbonyl (C=O) groups excluding carboxylic acids is 1. The molecule has 120 valence electrons. The van der Waals surface area contributed by atoms with Crippen LogP contribution in [0.1, 0.15) is 31.2 Å². The van der Waals surface area contributed by atoms with E-state index in [1.807, 2.05) is 0 Å². The van der Waals surface area contributed by atoms with Crippen molar-refractivity contribution >= 4 is 5.78 Å². The normalized spacial score (nSPS) is 27.2. The molecule has 2 aliphatic heterocycles. The summed E-state index contributed by atoms with van der Waals surface area (Å²) < 4.78 is 72.0. The minimum absolute atomic E-state index is 0.0518. The highest BCUT2D eigenvalue weighted by molar-refractivity contribution is 5.83. The fraction of sp³-hybridized carbons (Fsp3) is 0.533. The lowest BCUT2D eigenvalue weighted by Crippen LogP contribution is -2.31. The van der Waals surface area contributed by atoms with Crippen molar-refractivity contribution in [3.05, 3.63) is 34.6 Å². The third-order valence-corrected chi connectivity index (χ3v) is 4.40. The van der Waals surface area contributed by atoms with Crippen LogP contribution in [0, 0.1) is 35.0 Å². The number of fused-ring (bicyclic) bond motifs is 2. The van der Waals surface area contributed by atoms with Crippen molar-refractivity contribution in [3.8, 4) is 0 Å². The molecule has 1 aromatic rings. The van der Waals surface area contributed by atoms with Gasteiger partial charge in [-0.15, -0.1) is 0 Å². The summed E-state index contributed by atoms with van der Waals surface area (Å²) in [6.45, 7) is 0. The van der Waals surface area contributed by atoms with Crippen LogP contribution in [0.5, 0.6) is 0 Å². The molecule has 2 aliphatic rings. The second kappa shape index (κ2) is 5.61. The van der Waals surface area contributed by atoms with Crippen molar-refractivity contribution in [2.75, 3.05) is 0 Å². The highest BCUT2D eigenvalue weighted by Crippen LogP contribution is 2.37. The molecule has 0 radical (unpaired) electrons. The van der Waals surface area contributed by atoms with Crippen LogP contribution in [0.25, 0.3) is 0 Å². The van der Waals surface area contributed by atoms with Gasteiger partial charge in [0, 0.05) is 17.9 Å². The van der Waals surface area contributed by atoms with Gasteiger partial charge in [-0.1, -0.05) is 0 Å². The first-order valence-corrected chi connectivity index (χ1v) is 7.07. The van der Waals surface area contributed by atoms with E-state index in [9.17, 15) is 26.7 Å². The Morgan fingerprint density at radius 1 is 0.864 bits per heavy atom. The average Bonchev–Trinajstić information content (AvgIpc) is 2.85. The first-order valence-electron chi connectivity index (χ1n) is 7.07. The molecule has 7 heteroatoms. The Hall–Kier alpha value is -1.50. The van der Waals surface area contributed by atoms with E-state index in [2.05, 4.69) is 0 Å². The van der Waals surface area contributed by atoms with Crippen LogP contribution in [-0.4, -0.2) is 18.0 Å². The molecule has 2 saturated heterocycles. The third kappa shape index (κ3) is 2.51. The van der Waals surface area contributed by atoms with Crippen LogP contribution in [0.15, 0.2) is 0 Å². The van der Waals surface area contributed by atoms with Crippen LogP contribution in [-0.2, 0) is 16.0 Å². The highest BCUT2D eigenvalue weighted by Gasteiger charge is 2.38. The van der Waals surface area contributed by atoms with Gasteiger partial charge >= 0.3 is 0 Å². The molecular weight excluding hydrogens is 307 g/mol. The molecule has 0 N–H and O–H groups in total. The van der Waals surface area contributed by atoms with Crippen molar-refractivity contribution < 1.29 is 31.5 Å². The molecule has 0 aliphatic carbocycles. The minimum Gasteiger partial charge on any atom is -0.375 e. The molecule has 0 saturated carbocycles. The van der Waals surface area contributed by atoms with E-state index in [0.717, 1.165) is 12.8 Å². The first-order chi connectivity index (χ1) is 10.4. The number of ether oxygens (including phenoxy) is 1. The second-order valence-corrected chi connectivity index (χ2v) is 5.82.